The number of amides is 8. The van der Waals surface area contributed by atoms with Gasteiger partial charge in [-0.2, -0.15) is 70.6 Å². The molecule has 0 aliphatic heterocycles. The van der Waals surface area contributed by atoms with Crippen molar-refractivity contribution < 1.29 is 89.8 Å². The summed E-state index contributed by atoms with van der Waals surface area (Å²) in [5, 5.41) is 23.6. The van der Waals surface area contributed by atoms with E-state index < -0.39 is 11.8 Å². The normalized spacial score (nSPS) is 12.4. The smallest absolute Gasteiger partial charge is 0.224 e. The first-order valence-electron chi connectivity index (χ1n) is 44.2. The molecular weight excluding hydrogens is 1780 g/mol. The summed E-state index contributed by atoms with van der Waals surface area (Å²) in [6.07, 6.45) is 4.95. The van der Waals surface area contributed by atoms with Crippen LogP contribution in [0.3, 0.4) is 0 Å². The lowest BCUT2D eigenvalue weighted by Gasteiger charge is -2.20. The Morgan fingerprint density at radius 3 is 0.852 bits per heavy atom. The van der Waals surface area contributed by atoms with Crippen LogP contribution in [0.25, 0.3) is 0 Å². The van der Waals surface area contributed by atoms with E-state index in [0.717, 1.165) is 95.8 Å². The van der Waals surface area contributed by atoms with Crippen LogP contribution in [0.1, 0.15) is 108 Å². The van der Waals surface area contributed by atoms with Gasteiger partial charge < -0.3 is 84.4 Å². The molecule has 0 aliphatic carbocycles. The number of carbonyl (C=O) groups excluding carboxylic acids is 10. The highest BCUT2D eigenvalue weighted by atomic mass is 32.2. The molecule has 8 amide bonds. The third kappa shape index (κ3) is 52.3. The van der Waals surface area contributed by atoms with Crippen molar-refractivity contribution in [1.82, 2.24) is 42.5 Å². The van der Waals surface area contributed by atoms with Gasteiger partial charge >= 0.3 is 0 Å². The van der Waals surface area contributed by atoms with E-state index in [1.165, 1.54) is 13.8 Å². The summed E-state index contributed by atoms with van der Waals surface area (Å²) in [4.78, 5) is 128. The molecule has 0 bridgehead atoms. The molecule has 0 saturated heterocycles. The minimum Gasteiger partial charge on any atom is -0.492 e. The third-order valence-corrected chi connectivity index (χ3v) is 29.8. The SMILES string of the molecule is CNC(=O)C(CCCCNC(C)=O)CC(=O)c1cc(OCC(CSCCNC(=O)Cc2ccccc2)SCCNC(=O)Cc2ccccc2)cc(OCC(CSCCNC(=O)Cc2ccccc2)SCCNC(=O)Cc2ccccc2)c1.CNC(=O)C(CCCCNC(C)=O)CC(=O)c1cc(OCC(CSCC[NH3+])SCC[NH3+])cc(OCC(CSCC[NH3+])SCC[NH3+])c1. The molecule has 6 atom stereocenters. The first-order valence-corrected chi connectivity index (χ1v) is 53.0. The number of quaternary nitrogens is 4. The molecule has 0 heterocycles. The fourth-order valence-corrected chi connectivity index (χ4v) is 21.2. The van der Waals surface area contributed by atoms with Crippen LogP contribution in [0.4, 0.5) is 0 Å². The molecule has 128 heavy (non-hydrogen) atoms. The van der Waals surface area contributed by atoms with E-state index in [9.17, 15) is 47.9 Å². The summed E-state index contributed by atoms with van der Waals surface area (Å²) in [7, 11) is 3.15. The number of nitrogens with one attached hydrogen (secondary N) is 8. The van der Waals surface area contributed by atoms with Crippen molar-refractivity contribution in [2.45, 2.75) is 112 Å². The molecule has 6 aromatic rings. The van der Waals surface area contributed by atoms with Crippen molar-refractivity contribution in [2.24, 2.45) is 11.8 Å². The number of carbonyl (C=O) groups is 10. The van der Waals surface area contributed by atoms with Crippen LogP contribution in [-0.4, -0.2) is 255 Å². The molecule has 6 rings (SSSR count). The topological polar surface area (TPSA) is 414 Å². The van der Waals surface area contributed by atoms with Gasteiger partial charge in [-0.3, -0.25) is 47.9 Å². The van der Waals surface area contributed by atoms with Crippen LogP contribution in [0.2, 0.25) is 0 Å². The van der Waals surface area contributed by atoms with E-state index in [0.29, 0.717) is 160 Å². The Labute approximate surface area is 792 Å². The zero-order valence-electron chi connectivity index (χ0n) is 75.2. The Morgan fingerprint density at radius 1 is 0.320 bits per heavy atom. The molecule has 0 radical (unpaired) electrons. The summed E-state index contributed by atoms with van der Waals surface area (Å²) in [5.41, 5.74) is 20.4. The molecule has 6 aromatic carbocycles. The molecular formula is C94H140N12O14S8+4. The van der Waals surface area contributed by atoms with Crippen LogP contribution in [0.5, 0.6) is 23.0 Å². The van der Waals surface area contributed by atoms with Crippen LogP contribution < -0.4 is 84.4 Å². The first-order chi connectivity index (χ1) is 62.2. The van der Waals surface area contributed by atoms with E-state index in [-0.39, 0.29) is 119 Å². The standard InChI is InChI=1S/C63H80N6O9S4.C31H56N6O5S4/c1-47(70)65-26-16-15-25-52(63(76)64-2)41-58(71)53-39-54(77-43-56(81-33-29-68-61(74)37-50-21-11-5-12-22-50)45-79-31-27-66-59(72)35-48-17-7-3-8-18-48)42-55(40-53)78-44-57(82-34-30-69-62(75)38-51-23-13-6-14-24-51)46-80-32-28-67-60(73)36-49-19-9-4-10-20-49;1-23(38)37-10-4-3-5-24(31(40)36-2)17-30(39)25-15-26(41-19-28(45-13-8-34)21-43-11-6-32)18-27(16-25)42-20-29(46-14-9-35)22-44-12-7-33/h3-14,17-24,39-40,42,52,56-57H,15-16,25-38,41,43-46H2,1-2H3,(H,64,76)(H,65,70)(H,66,72)(H,67,73)(H,68,74)(H,69,75);15-16,18,24,28-29H,3-14,17,19-22,32-35H2,1-2H3,(H,36,40)(H,37,38)/p+4. The fraction of sp³-hybridized carbons (Fsp3) is 0.511. The Kier molecular flexibility index (Phi) is 60.7. The molecule has 6 unspecified atom stereocenters. The predicted octanol–water partition coefficient (Wildman–Crippen LogP) is 7.11. The van der Waals surface area contributed by atoms with Gasteiger partial charge in [0.25, 0.3) is 0 Å². The maximum absolute atomic E-state index is 14.3. The maximum Gasteiger partial charge on any atom is 0.224 e. The van der Waals surface area contributed by atoms with Crippen LogP contribution in [-0.2, 0) is 64.0 Å². The number of hydrogen-bond acceptors (Lipinski definition) is 22. The third-order valence-electron chi connectivity index (χ3n) is 19.3. The van der Waals surface area contributed by atoms with Gasteiger partial charge in [-0.15, -0.1) is 23.5 Å². The summed E-state index contributed by atoms with van der Waals surface area (Å²) >= 11 is 14.2. The minimum atomic E-state index is -0.605. The van der Waals surface area contributed by atoms with E-state index in [1.807, 2.05) is 174 Å². The van der Waals surface area contributed by atoms with E-state index in [1.54, 1.807) is 91.5 Å². The van der Waals surface area contributed by atoms with Crippen molar-refractivity contribution >= 4 is 153 Å². The van der Waals surface area contributed by atoms with Gasteiger partial charge in [-0.05, 0) is 72.2 Å². The van der Waals surface area contributed by atoms with E-state index >= 15 is 0 Å². The van der Waals surface area contributed by atoms with Gasteiger partial charge in [0.05, 0.1) is 51.9 Å². The summed E-state index contributed by atoms with van der Waals surface area (Å²) in [6.45, 7) is 10.9. The maximum atomic E-state index is 14.3. The zero-order valence-corrected chi connectivity index (χ0v) is 81.7. The Balaban J connectivity index is 0.000000535. The minimum absolute atomic E-state index is 0.0461. The van der Waals surface area contributed by atoms with E-state index in [4.69, 9.17) is 18.9 Å². The van der Waals surface area contributed by atoms with Gasteiger partial charge in [-0.25, -0.2) is 0 Å². The van der Waals surface area contributed by atoms with Crippen molar-refractivity contribution in [1.29, 1.82) is 0 Å². The Hall–Kier alpha value is -7.74. The van der Waals surface area contributed by atoms with Gasteiger partial charge in [0.1, 0.15) is 49.4 Å². The monoisotopic (exact) mass is 1920 g/mol. The second-order valence-corrected chi connectivity index (χ2v) is 40.4. The van der Waals surface area contributed by atoms with Gasteiger partial charge in [0.15, 0.2) is 11.6 Å². The predicted molar refractivity (Wildman–Crippen MR) is 531 cm³/mol. The number of ketones is 2. The highest BCUT2D eigenvalue weighted by Gasteiger charge is 2.27. The molecule has 0 aliphatic rings. The molecule has 0 saturated carbocycles. The molecule has 704 valence electrons. The summed E-state index contributed by atoms with van der Waals surface area (Å²) in [5.74, 6) is 9.48. The average molecular weight is 1920 g/mol. The average Bonchev–Trinajstić information content (AvgIpc) is 0.841. The fourth-order valence-electron chi connectivity index (χ4n) is 12.7. The quantitative estimate of drug-likeness (QED) is 0.0134. The molecule has 34 heteroatoms. The number of thioether (sulfide) groups is 8. The Morgan fingerprint density at radius 2 is 0.586 bits per heavy atom. The lowest BCUT2D eigenvalue weighted by Crippen LogP contribution is -2.52. The van der Waals surface area contributed by atoms with Crippen molar-refractivity contribution in [3.05, 3.63) is 191 Å². The molecule has 26 nitrogen and oxygen atoms in total. The second kappa shape index (κ2) is 70.1. The lowest BCUT2D eigenvalue weighted by molar-refractivity contribution is -0.360. The highest BCUT2D eigenvalue weighted by molar-refractivity contribution is 8.04. The van der Waals surface area contributed by atoms with Gasteiger partial charge in [-0.1, -0.05) is 134 Å². The van der Waals surface area contributed by atoms with E-state index in [2.05, 4.69) is 65.5 Å². The number of hydrogen-bond donors (Lipinski definition) is 12. The highest BCUT2D eigenvalue weighted by Crippen LogP contribution is 2.32. The van der Waals surface area contributed by atoms with Gasteiger partial charge in [0, 0.05) is 205 Å². The molecule has 20 N–H and O–H groups in total. The van der Waals surface area contributed by atoms with Gasteiger partial charge in [0.2, 0.25) is 47.3 Å². The molecule has 0 fully saturated rings. The number of unbranched alkanes of at least 4 members (excludes halogenated alkanes) is 2. The van der Waals surface area contributed by atoms with Crippen molar-refractivity contribution in [3.8, 4) is 23.0 Å². The number of rotatable bonds is 70. The largest absolute Gasteiger partial charge is 0.492 e. The molecule has 0 aromatic heterocycles. The second-order valence-electron chi connectivity index (χ2n) is 30.2. The zero-order chi connectivity index (χ0) is 92.4. The lowest BCUT2D eigenvalue weighted by atomic mass is 9.92. The van der Waals surface area contributed by atoms with Crippen LogP contribution >= 0.6 is 94.1 Å². The van der Waals surface area contributed by atoms with Crippen LogP contribution in [0, 0.1) is 11.8 Å². The summed E-state index contributed by atoms with van der Waals surface area (Å²) < 4.78 is 25.8. The number of ether oxygens (including phenoxy) is 4. The van der Waals surface area contributed by atoms with Crippen molar-refractivity contribution in [2.75, 3.05) is 175 Å². The van der Waals surface area contributed by atoms with Crippen LogP contribution in [0.15, 0.2) is 158 Å². The Bertz CT molecular complexity index is 3950. The molecule has 0 spiro atoms. The first kappa shape index (κ1) is 111. The number of benzene rings is 6. The number of Topliss-reactive ketones (excluding diaryl/α,β-unsaturated/α-hetero) is 2. The van der Waals surface area contributed by atoms with Crippen molar-refractivity contribution in [3.63, 3.8) is 0 Å². The summed E-state index contributed by atoms with van der Waals surface area (Å²) in [6, 6.07) is 49.0.